The van der Waals surface area contributed by atoms with E-state index < -0.39 is 17.8 Å². The van der Waals surface area contributed by atoms with E-state index in [0.717, 1.165) is 10.9 Å². The largest absolute Gasteiger partial charge is 0.482 e. The Kier molecular flexibility index (Phi) is 9.11. The van der Waals surface area contributed by atoms with Crippen molar-refractivity contribution in [3.05, 3.63) is 63.3 Å². The van der Waals surface area contributed by atoms with Gasteiger partial charge in [0.05, 0.1) is 5.02 Å². The van der Waals surface area contributed by atoms with Crippen LogP contribution in [0.3, 0.4) is 0 Å². The first-order valence-corrected chi connectivity index (χ1v) is 10.8. The lowest BCUT2D eigenvalue weighted by Crippen LogP contribution is -2.50. The summed E-state index contributed by atoms with van der Waals surface area (Å²) in [6.45, 7) is 5.05. The Morgan fingerprint density at radius 2 is 1.93 bits per heavy atom. The molecule has 30 heavy (non-hydrogen) atoms. The second-order valence-corrected chi connectivity index (χ2v) is 8.29. The Labute approximate surface area is 189 Å². The first-order chi connectivity index (χ1) is 14.2. The zero-order valence-electron chi connectivity index (χ0n) is 17.1. The Morgan fingerprint density at radius 1 is 1.23 bits per heavy atom. The number of carbonyl (C=O) groups excluding carboxylic acids is 2. The quantitative estimate of drug-likeness (QED) is 0.531. The Hall–Kier alpha value is -2.12. The molecular weight excluding hydrogens is 475 g/mol. The molecule has 0 aliphatic carbocycles. The van der Waals surface area contributed by atoms with E-state index in [9.17, 15) is 14.0 Å². The third-order valence-corrected chi connectivity index (χ3v) is 5.50. The molecule has 1 N–H and O–H groups in total. The number of carbonyl (C=O) groups is 2. The number of benzene rings is 2. The molecule has 0 spiro atoms. The summed E-state index contributed by atoms with van der Waals surface area (Å²) in [6, 6.07) is 10.3. The maximum absolute atomic E-state index is 14.2. The molecule has 2 aromatic rings. The second-order valence-electron chi connectivity index (χ2n) is 6.97. The maximum Gasteiger partial charge on any atom is 0.261 e. The highest BCUT2D eigenvalue weighted by molar-refractivity contribution is 9.10. The molecule has 0 heterocycles. The SMILES string of the molecule is CCC(C)NC(=O)C(C)N(Cc1ccccc1F)C(=O)COc1ccc(Br)cc1Cl. The molecule has 0 aliphatic heterocycles. The van der Waals surface area contributed by atoms with Crippen LogP contribution in [0.15, 0.2) is 46.9 Å². The average molecular weight is 500 g/mol. The van der Waals surface area contributed by atoms with Crippen LogP contribution in [0, 0.1) is 5.82 Å². The first kappa shape index (κ1) is 24.2. The minimum Gasteiger partial charge on any atom is -0.482 e. The Morgan fingerprint density at radius 3 is 2.57 bits per heavy atom. The van der Waals surface area contributed by atoms with E-state index in [2.05, 4.69) is 21.2 Å². The van der Waals surface area contributed by atoms with E-state index in [4.69, 9.17) is 16.3 Å². The zero-order valence-corrected chi connectivity index (χ0v) is 19.5. The predicted molar refractivity (Wildman–Crippen MR) is 119 cm³/mol. The molecule has 0 aliphatic rings. The third kappa shape index (κ3) is 6.71. The van der Waals surface area contributed by atoms with Gasteiger partial charge in [0, 0.05) is 22.6 Å². The molecule has 2 amide bonds. The highest BCUT2D eigenvalue weighted by Crippen LogP contribution is 2.27. The van der Waals surface area contributed by atoms with Crippen molar-refractivity contribution in [2.75, 3.05) is 6.61 Å². The summed E-state index contributed by atoms with van der Waals surface area (Å²) in [6.07, 6.45) is 0.755. The highest BCUT2D eigenvalue weighted by Gasteiger charge is 2.28. The van der Waals surface area contributed by atoms with Crippen LogP contribution in [0.2, 0.25) is 5.02 Å². The van der Waals surface area contributed by atoms with Crippen molar-refractivity contribution in [3.63, 3.8) is 0 Å². The summed E-state index contributed by atoms with van der Waals surface area (Å²) in [5, 5.41) is 3.21. The molecule has 0 bridgehead atoms. The van der Waals surface area contributed by atoms with Gasteiger partial charge in [0.15, 0.2) is 6.61 Å². The van der Waals surface area contributed by atoms with Gasteiger partial charge in [-0.25, -0.2) is 4.39 Å². The van der Waals surface area contributed by atoms with Gasteiger partial charge < -0.3 is 15.0 Å². The van der Waals surface area contributed by atoms with E-state index in [-0.39, 0.29) is 25.1 Å². The van der Waals surface area contributed by atoms with Gasteiger partial charge in [-0.2, -0.15) is 0 Å². The van der Waals surface area contributed by atoms with Crippen molar-refractivity contribution < 1.29 is 18.7 Å². The molecule has 0 aromatic heterocycles. The van der Waals surface area contributed by atoms with Crippen molar-refractivity contribution in [2.24, 2.45) is 0 Å². The summed E-state index contributed by atoms with van der Waals surface area (Å²) in [5.41, 5.74) is 0.315. The molecule has 2 unspecified atom stereocenters. The zero-order chi connectivity index (χ0) is 22.3. The predicted octanol–water partition coefficient (Wildman–Crippen LogP) is 4.95. The molecule has 0 fully saturated rings. The van der Waals surface area contributed by atoms with E-state index in [1.165, 1.54) is 11.0 Å². The van der Waals surface area contributed by atoms with Crippen molar-refractivity contribution in [1.29, 1.82) is 0 Å². The Bertz CT molecular complexity index is 896. The van der Waals surface area contributed by atoms with E-state index in [1.807, 2.05) is 13.8 Å². The van der Waals surface area contributed by atoms with E-state index >= 15 is 0 Å². The number of hydrogen-bond donors (Lipinski definition) is 1. The monoisotopic (exact) mass is 498 g/mol. The van der Waals surface area contributed by atoms with Crippen molar-refractivity contribution >= 4 is 39.3 Å². The molecule has 0 saturated heterocycles. The van der Waals surface area contributed by atoms with Gasteiger partial charge in [-0.15, -0.1) is 0 Å². The van der Waals surface area contributed by atoms with Crippen LogP contribution in [-0.4, -0.2) is 35.4 Å². The van der Waals surface area contributed by atoms with Crippen molar-refractivity contribution in [2.45, 2.75) is 45.8 Å². The Balaban J connectivity index is 2.19. The molecule has 2 aromatic carbocycles. The van der Waals surface area contributed by atoms with Crippen LogP contribution in [0.4, 0.5) is 4.39 Å². The third-order valence-electron chi connectivity index (χ3n) is 4.71. The van der Waals surface area contributed by atoms with Crippen LogP contribution in [0.5, 0.6) is 5.75 Å². The molecule has 2 atom stereocenters. The number of nitrogens with zero attached hydrogens (tertiary/aromatic N) is 1. The van der Waals surface area contributed by atoms with E-state index in [0.29, 0.717) is 16.3 Å². The fourth-order valence-corrected chi connectivity index (χ4v) is 3.40. The van der Waals surface area contributed by atoms with Crippen LogP contribution < -0.4 is 10.1 Å². The lowest BCUT2D eigenvalue weighted by Gasteiger charge is -2.29. The highest BCUT2D eigenvalue weighted by atomic mass is 79.9. The summed E-state index contributed by atoms with van der Waals surface area (Å²) >= 11 is 9.44. The maximum atomic E-state index is 14.2. The fourth-order valence-electron chi connectivity index (χ4n) is 2.67. The van der Waals surface area contributed by atoms with Gasteiger partial charge in [-0.05, 0) is 44.5 Å². The van der Waals surface area contributed by atoms with Gasteiger partial charge in [-0.1, -0.05) is 52.7 Å². The fraction of sp³-hybridized carbons (Fsp3) is 0.364. The van der Waals surface area contributed by atoms with E-state index in [1.54, 1.807) is 43.3 Å². The van der Waals surface area contributed by atoms with Crippen LogP contribution in [0.1, 0.15) is 32.8 Å². The number of hydrogen-bond acceptors (Lipinski definition) is 3. The topological polar surface area (TPSA) is 58.6 Å². The molecule has 0 radical (unpaired) electrons. The van der Waals surface area contributed by atoms with Gasteiger partial charge in [0.1, 0.15) is 17.6 Å². The lowest BCUT2D eigenvalue weighted by molar-refractivity contribution is -0.142. The van der Waals surface area contributed by atoms with Crippen molar-refractivity contribution in [1.82, 2.24) is 10.2 Å². The van der Waals surface area contributed by atoms with Gasteiger partial charge in [-0.3, -0.25) is 9.59 Å². The van der Waals surface area contributed by atoms with Crippen molar-refractivity contribution in [3.8, 4) is 5.75 Å². The first-order valence-electron chi connectivity index (χ1n) is 9.64. The summed E-state index contributed by atoms with van der Waals surface area (Å²) < 4.78 is 20.5. The number of halogens is 3. The minimum atomic E-state index is -0.810. The standard InChI is InChI=1S/C22H25BrClFN2O3/c1-4-14(2)26-22(29)15(3)27(12-16-7-5-6-8-19(16)25)21(28)13-30-20-10-9-17(23)11-18(20)24/h5-11,14-15H,4,12-13H2,1-3H3,(H,26,29). The van der Waals surface area contributed by atoms with Gasteiger partial charge >= 0.3 is 0 Å². The van der Waals surface area contributed by atoms with Crippen LogP contribution in [-0.2, 0) is 16.1 Å². The average Bonchev–Trinajstić information content (AvgIpc) is 2.71. The number of ether oxygens (including phenoxy) is 1. The summed E-state index contributed by atoms with van der Waals surface area (Å²) in [4.78, 5) is 26.9. The molecule has 0 saturated carbocycles. The molecule has 8 heteroatoms. The molecule has 2 rings (SSSR count). The summed E-state index contributed by atoms with van der Waals surface area (Å²) in [7, 11) is 0. The minimum absolute atomic E-state index is 0.0387. The number of nitrogens with one attached hydrogen (secondary N) is 1. The second kappa shape index (κ2) is 11.3. The number of amides is 2. The number of rotatable bonds is 9. The van der Waals surface area contributed by atoms with Crippen LogP contribution in [0.25, 0.3) is 0 Å². The molecular formula is C22H25BrClFN2O3. The normalized spacial score (nSPS) is 12.7. The van der Waals surface area contributed by atoms with Crippen LogP contribution >= 0.6 is 27.5 Å². The molecule has 5 nitrogen and oxygen atoms in total. The smallest absolute Gasteiger partial charge is 0.261 e. The molecule has 162 valence electrons. The lowest BCUT2D eigenvalue weighted by atomic mass is 10.1. The summed E-state index contributed by atoms with van der Waals surface area (Å²) in [5.74, 6) is -0.864. The van der Waals surface area contributed by atoms with Gasteiger partial charge in [0.25, 0.3) is 5.91 Å². The van der Waals surface area contributed by atoms with Gasteiger partial charge in [0.2, 0.25) is 5.91 Å².